The van der Waals surface area contributed by atoms with E-state index in [2.05, 4.69) is 26.7 Å². The first-order valence-corrected chi connectivity index (χ1v) is 11.1. The molecule has 162 valence electrons. The van der Waals surface area contributed by atoms with Crippen molar-refractivity contribution < 1.29 is 9.59 Å². The molecule has 1 unspecified atom stereocenters. The van der Waals surface area contributed by atoms with E-state index >= 15 is 0 Å². The Kier molecular flexibility index (Phi) is 4.47. The number of anilines is 1. The number of rotatable bonds is 4. The fraction of sp³-hybridized carbons (Fsp3) is 0.185. The summed E-state index contributed by atoms with van der Waals surface area (Å²) in [5.74, 6) is 0.482. The van der Waals surface area contributed by atoms with Crippen molar-refractivity contribution in [2.24, 2.45) is 0 Å². The monoisotopic (exact) mass is 434 g/mol. The minimum absolute atomic E-state index is 0.00268. The summed E-state index contributed by atoms with van der Waals surface area (Å²) in [6, 6.07) is 21.8. The maximum Gasteiger partial charge on any atom is 0.269 e. The lowest BCUT2D eigenvalue weighted by molar-refractivity contribution is -0.120. The van der Waals surface area contributed by atoms with Crippen LogP contribution in [0.4, 0.5) is 5.82 Å². The molecule has 1 atom stereocenters. The lowest BCUT2D eigenvalue weighted by atomic mass is 9.79. The molecule has 0 radical (unpaired) electrons. The van der Waals surface area contributed by atoms with Crippen molar-refractivity contribution in [2.75, 3.05) is 11.9 Å². The highest BCUT2D eigenvalue weighted by molar-refractivity contribution is 6.06. The van der Waals surface area contributed by atoms with Crippen molar-refractivity contribution in [3.63, 3.8) is 0 Å². The summed E-state index contributed by atoms with van der Waals surface area (Å²) in [6.07, 6.45) is 3.72. The third kappa shape index (κ3) is 3.26. The minimum Gasteiger partial charge on any atom is -0.350 e. The SMILES string of the molecule is O=C(NCCc1ccccc1)c1ccc2cc3c(cc2n1)CC1(C3)C(=O)Nc2ncccc21. The Morgan fingerprint density at radius 3 is 2.67 bits per heavy atom. The minimum atomic E-state index is -0.610. The number of fused-ring (bicyclic) bond motifs is 4. The van der Waals surface area contributed by atoms with Gasteiger partial charge in [0.2, 0.25) is 5.91 Å². The summed E-state index contributed by atoms with van der Waals surface area (Å²) < 4.78 is 0. The molecular formula is C27H22N4O2. The molecule has 2 aliphatic rings. The highest BCUT2D eigenvalue weighted by atomic mass is 16.2. The molecule has 1 spiro atoms. The Bertz CT molecular complexity index is 1420. The number of carbonyl (C=O) groups excluding carboxylic acids is 2. The molecule has 2 N–H and O–H groups in total. The van der Waals surface area contributed by atoms with Gasteiger partial charge in [0.1, 0.15) is 11.5 Å². The number of pyridine rings is 2. The number of nitrogens with one attached hydrogen (secondary N) is 2. The summed E-state index contributed by atoms with van der Waals surface area (Å²) >= 11 is 0. The van der Waals surface area contributed by atoms with E-state index in [9.17, 15) is 9.59 Å². The van der Waals surface area contributed by atoms with Crippen molar-refractivity contribution in [3.05, 3.63) is 101 Å². The molecule has 2 aromatic carbocycles. The second-order valence-corrected chi connectivity index (χ2v) is 8.79. The smallest absolute Gasteiger partial charge is 0.269 e. The summed E-state index contributed by atoms with van der Waals surface area (Å²) in [6.45, 7) is 0.553. The maximum absolute atomic E-state index is 12.9. The van der Waals surface area contributed by atoms with E-state index in [0.29, 0.717) is 30.9 Å². The first-order chi connectivity index (χ1) is 16.1. The van der Waals surface area contributed by atoms with Gasteiger partial charge in [0.25, 0.3) is 5.91 Å². The van der Waals surface area contributed by atoms with Gasteiger partial charge in [0, 0.05) is 23.7 Å². The Labute approximate surface area is 191 Å². The maximum atomic E-state index is 12.9. The van der Waals surface area contributed by atoms with Gasteiger partial charge in [-0.1, -0.05) is 42.5 Å². The third-order valence-corrected chi connectivity index (χ3v) is 6.76. The van der Waals surface area contributed by atoms with Crippen LogP contribution in [0, 0.1) is 0 Å². The fourth-order valence-electron chi connectivity index (χ4n) is 5.08. The normalized spacial score (nSPS) is 18.2. The van der Waals surface area contributed by atoms with Crippen molar-refractivity contribution in [2.45, 2.75) is 24.7 Å². The molecule has 2 amide bonds. The molecule has 0 saturated heterocycles. The molecule has 3 heterocycles. The molecule has 6 nitrogen and oxygen atoms in total. The number of hydrogen-bond donors (Lipinski definition) is 2. The first kappa shape index (κ1) is 19.6. The van der Waals surface area contributed by atoms with Gasteiger partial charge in [-0.25, -0.2) is 9.97 Å². The molecule has 0 saturated carbocycles. The molecule has 1 aliphatic heterocycles. The standard InChI is InChI=1S/C27H22N4O2/c32-25(29-12-10-17-5-2-1-3-6-17)22-9-8-18-13-19-15-27(16-20(19)14-23(18)30-22)21-7-4-11-28-24(21)31-26(27)33/h1-9,11,13-14H,10,12,15-16H2,(H,29,32)(H,28,31,33). The van der Waals surface area contributed by atoms with Crippen LogP contribution in [0.1, 0.15) is 32.7 Å². The van der Waals surface area contributed by atoms with Crippen LogP contribution >= 0.6 is 0 Å². The predicted octanol–water partition coefficient (Wildman–Crippen LogP) is 3.59. The first-order valence-electron chi connectivity index (χ1n) is 11.1. The largest absolute Gasteiger partial charge is 0.350 e. The van der Waals surface area contributed by atoms with Crippen LogP contribution in [-0.2, 0) is 29.5 Å². The zero-order chi connectivity index (χ0) is 22.4. The van der Waals surface area contributed by atoms with Crippen LogP contribution in [0.5, 0.6) is 0 Å². The van der Waals surface area contributed by atoms with E-state index in [1.807, 2.05) is 54.6 Å². The molecule has 0 bridgehead atoms. The molecule has 6 rings (SSSR count). The van der Waals surface area contributed by atoms with Crippen LogP contribution in [0.25, 0.3) is 10.9 Å². The van der Waals surface area contributed by atoms with Gasteiger partial charge in [-0.05, 0) is 60.2 Å². The number of nitrogens with zero attached hydrogens (tertiary/aromatic N) is 2. The summed E-state index contributed by atoms with van der Waals surface area (Å²) in [5, 5.41) is 6.87. The van der Waals surface area contributed by atoms with E-state index < -0.39 is 5.41 Å². The van der Waals surface area contributed by atoms with Crippen LogP contribution in [0.15, 0.2) is 72.9 Å². The van der Waals surface area contributed by atoms with E-state index in [4.69, 9.17) is 0 Å². The highest BCUT2D eigenvalue weighted by Gasteiger charge is 2.51. The van der Waals surface area contributed by atoms with Gasteiger partial charge in [0.05, 0.1) is 10.9 Å². The van der Waals surface area contributed by atoms with Crippen LogP contribution in [0.2, 0.25) is 0 Å². The zero-order valence-electron chi connectivity index (χ0n) is 18.0. The quantitative estimate of drug-likeness (QED) is 0.514. The Morgan fingerprint density at radius 2 is 1.82 bits per heavy atom. The molecular weight excluding hydrogens is 412 g/mol. The average molecular weight is 434 g/mol. The Morgan fingerprint density at radius 1 is 1.00 bits per heavy atom. The average Bonchev–Trinajstić information content (AvgIpc) is 3.34. The lowest BCUT2D eigenvalue weighted by Crippen LogP contribution is -2.35. The van der Waals surface area contributed by atoms with Gasteiger partial charge in [-0.15, -0.1) is 0 Å². The molecule has 1 aliphatic carbocycles. The second-order valence-electron chi connectivity index (χ2n) is 8.79. The summed E-state index contributed by atoms with van der Waals surface area (Å²) in [5.41, 5.74) is 4.95. The van der Waals surface area contributed by atoms with E-state index in [1.165, 1.54) is 5.56 Å². The second kappa shape index (κ2) is 7.52. The van der Waals surface area contributed by atoms with Crippen LogP contribution in [-0.4, -0.2) is 28.3 Å². The van der Waals surface area contributed by atoms with Crippen molar-refractivity contribution >= 4 is 28.5 Å². The van der Waals surface area contributed by atoms with E-state index in [1.54, 1.807) is 12.3 Å². The van der Waals surface area contributed by atoms with Crippen molar-refractivity contribution in [1.29, 1.82) is 0 Å². The van der Waals surface area contributed by atoms with Crippen LogP contribution < -0.4 is 10.6 Å². The highest BCUT2D eigenvalue weighted by Crippen LogP contribution is 2.47. The summed E-state index contributed by atoms with van der Waals surface area (Å²) in [4.78, 5) is 34.6. The Balaban J connectivity index is 1.24. The van der Waals surface area contributed by atoms with Crippen LogP contribution in [0.3, 0.4) is 0 Å². The van der Waals surface area contributed by atoms with E-state index in [-0.39, 0.29) is 11.8 Å². The third-order valence-electron chi connectivity index (χ3n) is 6.76. The molecule has 6 heteroatoms. The topological polar surface area (TPSA) is 84.0 Å². The number of benzene rings is 2. The molecule has 4 aromatic rings. The predicted molar refractivity (Wildman–Crippen MR) is 126 cm³/mol. The van der Waals surface area contributed by atoms with Gasteiger partial charge < -0.3 is 10.6 Å². The Hall–Kier alpha value is -4.06. The zero-order valence-corrected chi connectivity index (χ0v) is 18.0. The number of hydrogen-bond acceptors (Lipinski definition) is 4. The van der Waals surface area contributed by atoms with Crippen molar-refractivity contribution in [3.8, 4) is 0 Å². The lowest BCUT2D eigenvalue weighted by Gasteiger charge is -2.20. The fourth-order valence-corrected chi connectivity index (χ4v) is 5.08. The van der Waals surface area contributed by atoms with E-state index in [0.717, 1.165) is 34.0 Å². The van der Waals surface area contributed by atoms with Crippen molar-refractivity contribution in [1.82, 2.24) is 15.3 Å². The molecule has 2 aromatic heterocycles. The van der Waals surface area contributed by atoms with Gasteiger partial charge in [0.15, 0.2) is 0 Å². The molecule has 33 heavy (non-hydrogen) atoms. The van der Waals surface area contributed by atoms with Gasteiger partial charge in [-0.2, -0.15) is 0 Å². The number of amides is 2. The summed E-state index contributed by atoms with van der Waals surface area (Å²) in [7, 11) is 0. The van der Waals surface area contributed by atoms with Gasteiger partial charge >= 0.3 is 0 Å². The molecule has 0 fully saturated rings. The number of aromatic nitrogens is 2. The number of carbonyl (C=O) groups is 2. The van der Waals surface area contributed by atoms with Gasteiger partial charge in [-0.3, -0.25) is 9.59 Å².